The van der Waals surface area contributed by atoms with Gasteiger partial charge in [0.05, 0.1) is 26.9 Å². The minimum Gasteiger partial charge on any atom is -0.504 e. The van der Waals surface area contributed by atoms with Crippen molar-refractivity contribution in [1.29, 1.82) is 0 Å². The molecule has 1 fully saturated rings. The lowest BCUT2D eigenvalue weighted by molar-refractivity contribution is -0.301. The first-order chi connectivity index (χ1) is 17.3. The zero-order valence-electron chi connectivity index (χ0n) is 19.9. The minimum absolute atomic E-state index is 0.00883. The summed E-state index contributed by atoms with van der Waals surface area (Å²) in [6, 6.07) is 9.75. The Morgan fingerprint density at radius 3 is 2.31 bits per heavy atom. The third-order valence-corrected chi connectivity index (χ3v) is 5.97. The molecule has 36 heavy (non-hydrogen) atoms. The summed E-state index contributed by atoms with van der Waals surface area (Å²) in [5.41, 5.74) is 1.57. The highest BCUT2D eigenvalue weighted by Gasteiger charge is 2.43. The molecule has 0 saturated carbocycles. The van der Waals surface area contributed by atoms with Crippen LogP contribution in [0.2, 0.25) is 0 Å². The van der Waals surface area contributed by atoms with Gasteiger partial charge in [0.1, 0.15) is 30.5 Å². The summed E-state index contributed by atoms with van der Waals surface area (Å²) in [5.74, 6) is 0.437. The van der Waals surface area contributed by atoms with Crippen molar-refractivity contribution in [2.24, 2.45) is 0 Å². The number of hydrogen-bond donors (Lipinski definition) is 7. The molecule has 0 amide bonds. The first-order valence-corrected chi connectivity index (χ1v) is 11.6. The Bertz CT molecular complexity index is 967. The fraction of sp³-hybridized carbons (Fsp3) is 0.520. The van der Waals surface area contributed by atoms with Crippen LogP contribution < -0.4 is 9.47 Å². The molecule has 0 bridgehead atoms. The predicted octanol–water partition coefficient (Wildman–Crippen LogP) is -0.162. The molecule has 1 saturated heterocycles. The Morgan fingerprint density at radius 2 is 1.64 bits per heavy atom. The third-order valence-electron chi connectivity index (χ3n) is 5.97. The number of methoxy groups -OCH3 is 1. The van der Waals surface area contributed by atoms with Gasteiger partial charge in [-0.25, -0.2) is 0 Å². The quantitative estimate of drug-likeness (QED) is 0.189. The molecule has 2 aromatic carbocycles. The molecular weight excluding hydrogens is 476 g/mol. The lowest BCUT2D eigenvalue weighted by atomic mass is 9.99. The van der Waals surface area contributed by atoms with Crippen LogP contribution in [0.4, 0.5) is 0 Å². The molecular formula is C25H34O11. The standard InChI is InChI=1S/C25H34O11/c1-33-20-11-15(4-6-17(20)28)9-16(12-26)35-19-7-5-14(10-18(19)29)3-2-8-34-25-24(32)23(31)22(30)21(13-27)36-25/h4-7,10-11,16,21-32H,2-3,8-9,12-13H2,1H3. The van der Waals surface area contributed by atoms with E-state index in [4.69, 9.17) is 18.9 Å². The van der Waals surface area contributed by atoms with Gasteiger partial charge in [0.15, 0.2) is 29.3 Å². The molecule has 1 aliphatic heterocycles. The highest BCUT2D eigenvalue weighted by molar-refractivity contribution is 5.43. The molecule has 11 nitrogen and oxygen atoms in total. The molecule has 1 heterocycles. The van der Waals surface area contributed by atoms with Crippen LogP contribution in [-0.4, -0.2) is 99.5 Å². The summed E-state index contributed by atoms with van der Waals surface area (Å²) in [6.07, 6.45) is -5.91. The molecule has 1 aliphatic rings. The van der Waals surface area contributed by atoms with Crippen molar-refractivity contribution < 1.29 is 54.7 Å². The van der Waals surface area contributed by atoms with Gasteiger partial charge >= 0.3 is 0 Å². The van der Waals surface area contributed by atoms with Crippen LogP contribution in [-0.2, 0) is 22.3 Å². The largest absolute Gasteiger partial charge is 0.504 e. The fourth-order valence-corrected chi connectivity index (χ4v) is 3.93. The maximum absolute atomic E-state index is 10.4. The Hall–Kier alpha value is -2.64. The van der Waals surface area contributed by atoms with E-state index in [1.807, 2.05) is 0 Å². The Balaban J connectivity index is 1.50. The van der Waals surface area contributed by atoms with Crippen LogP contribution in [0.15, 0.2) is 36.4 Å². The molecule has 0 radical (unpaired) electrons. The Kier molecular flexibility index (Phi) is 10.1. The number of aryl methyl sites for hydroxylation is 1. The van der Waals surface area contributed by atoms with Crippen molar-refractivity contribution in [3.8, 4) is 23.0 Å². The lowest BCUT2D eigenvalue weighted by Crippen LogP contribution is -2.59. The molecule has 7 N–H and O–H groups in total. The normalized spacial score (nSPS) is 24.9. The van der Waals surface area contributed by atoms with Gasteiger partial charge in [-0.05, 0) is 48.2 Å². The summed E-state index contributed by atoms with van der Waals surface area (Å²) in [7, 11) is 1.44. The van der Waals surface area contributed by atoms with E-state index < -0.39 is 43.4 Å². The van der Waals surface area contributed by atoms with E-state index in [-0.39, 0.29) is 30.5 Å². The van der Waals surface area contributed by atoms with Gasteiger partial charge < -0.3 is 54.7 Å². The predicted molar refractivity (Wildman–Crippen MR) is 126 cm³/mol. The van der Waals surface area contributed by atoms with Gasteiger partial charge in [0.25, 0.3) is 0 Å². The maximum atomic E-state index is 10.4. The van der Waals surface area contributed by atoms with Crippen molar-refractivity contribution in [1.82, 2.24) is 0 Å². The summed E-state index contributed by atoms with van der Waals surface area (Å²) < 4.78 is 21.6. The van der Waals surface area contributed by atoms with Gasteiger partial charge in [-0.15, -0.1) is 0 Å². The Morgan fingerprint density at radius 1 is 0.889 bits per heavy atom. The number of ether oxygens (including phenoxy) is 4. The summed E-state index contributed by atoms with van der Waals surface area (Å²) in [5, 5.41) is 68.7. The summed E-state index contributed by atoms with van der Waals surface area (Å²) in [6.45, 7) is -0.664. The number of hydrogen-bond acceptors (Lipinski definition) is 11. The second-order valence-corrected chi connectivity index (χ2v) is 8.61. The van der Waals surface area contributed by atoms with Crippen molar-refractivity contribution in [3.63, 3.8) is 0 Å². The third kappa shape index (κ3) is 6.98. The van der Waals surface area contributed by atoms with Crippen LogP contribution in [0.25, 0.3) is 0 Å². The molecule has 6 atom stereocenters. The molecule has 0 spiro atoms. The zero-order chi connectivity index (χ0) is 26.2. The van der Waals surface area contributed by atoms with E-state index in [2.05, 4.69) is 0 Å². The van der Waals surface area contributed by atoms with Crippen LogP contribution in [0, 0.1) is 0 Å². The summed E-state index contributed by atoms with van der Waals surface area (Å²) in [4.78, 5) is 0. The number of phenols is 2. The van der Waals surface area contributed by atoms with Crippen molar-refractivity contribution in [2.75, 3.05) is 26.9 Å². The van der Waals surface area contributed by atoms with Crippen LogP contribution in [0.3, 0.4) is 0 Å². The number of rotatable bonds is 12. The smallest absolute Gasteiger partial charge is 0.186 e. The number of aromatic hydroxyl groups is 2. The van der Waals surface area contributed by atoms with Crippen LogP contribution in [0.1, 0.15) is 17.5 Å². The van der Waals surface area contributed by atoms with E-state index >= 15 is 0 Å². The topological polar surface area (TPSA) is 179 Å². The van der Waals surface area contributed by atoms with Gasteiger partial charge in [0, 0.05) is 6.42 Å². The zero-order valence-corrected chi connectivity index (χ0v) is 19.9. The van der Waals surface area contributed by atoms with E-state index in [1.165, 1.54) is 13.2 Å². The molecule has 0 aliphatic carbocycles. The highest BCUT2D eigenvalue weighted by atomic mass is 16.7. The maximum Gasteiger partial charge on any atom is 0.186 e. The summed E-state index contributed by atoms with van der Waals surface area (Å²) >= 11 is 0. The highest BCUT2D eigenvalue weighted by Crippen LogP contribution is 2.30. The van der Waals surface area contributed by atoms with Crippen molar-refractivity contribution in [2.45, 2.75) is 56.1 Å². The van der Waals surface area contributed by atoms with Crippen LogP contribution >= 0.6 is 0 Å². The van der Waals surface area contributed by atoms with Gasteiger partial charge in [-0.1, -0.05) is 12.1 Å². The molecule has 2 aromatic rings. The van der Waals surface area contributed by atoms with Crippen LogP contribution in [0.5, 0.6) is 23.0 Å². The second-order valence-electron chi connectivity index (χ2n) is 8.61. The SMILES string of the molecule is COc1cc(CC(CO)Oc2ccc(CCCOC3OC(CO)C(O)C(O)C3O)cc2O)ccc1O. The number of aliphatic hydroxyl groups excluding tert-OH is 5. The van der Waals surface area contributed by atoms with Gasteiger partial charge in [-0.2, -0.15) is 0 Å². The van der Waals surface area contributed by atoms with Crippen molar-refractivity contribution in [3.05, 3.63) is 47.5 Å². The molecule has 6 unspecified atom stereocenters. The number of benzene rings is 2. The first-order valence-electron chi connectivity index (χ1n) is 11.6. The molecule has 11 heteroatoms. The fourth-order valence-electron chi connectivity index (χ4n) is 3.93. The van der Waals surface area contributed by atoms with E-state index in [9.17, 15) is 35.7 Å². The minimum atomic E-state index is -1.50. The molecule has 200 valence electrons. The molecule has 0 aromatic heterocycles. The Labute approximate surface area is 208 Å². The van der Waals surface area contributed by atoms with E-state index in [0.29, 0.717) is 25.0 Å². The van der Waals surface area contributed by atoms with E-state index in [0.717, 1.165) is 11.1 Å². The number of aliphatic hydroxyl groups is 5. The number of phenolic OH excluding ortho intramolecular Hbond substituents is 2. The van der Waals surface area contributed by atoms with Crippen molar-refractivity contribution >= 4 is 0 Å². The average Bonchev–Trinajstić information content (AvgIpc) is 2.88. The first kappa shape index (κ1) is 27.9. The average molecular weight is 511 g/mol. The monoisotopic (exact) mass is 510 g/mol. The van der Waals surface area contributed by atoms with Gasteiger partial charge in [0.2, 0.25) is 0 Å². The van der Waals surface area contributed by atoms with Gasteiger partial charge in [-0.3, -0.25) is 0 Å². The lowest BCUT2D eigenvalue weighted by Gasteiger charge is -2.39. The van der Waals surface area contributed by atoms with E-state index in [1.54, 1.807) is 30.3 Å². The second kappa shape index (κ2) is 13.1. The molecule has 3 rings (SSSR count).